The molecule has 0 aliphatic carbocycles. The van der Waals surface area contributed by atoms with Crippen LogP contribution in [-0.4, -0.2) is 34.8 Å². The fraction of sp³-hybridized carbons (Fsp3) is 0.455. The Morgan fingerprint density at radius 1 is 1.82 bits per heavy atom. The minimum atomic E-state index is -0.678. The fourth-order valence-corrected chi connectivity index (χ4v) is 1.59. The fourth-order valence-electron chi connectivity index (χ4n) is 1.59. The van der Waals surface area contributed by atoms with E-state index in [1.165, 1.54) is 0 Å². The van der Waals surface area contributed by atoms with E-state index in [-0.39, 0.29) is 12.3 Å². The van der Waals surface area contributed by atoms with Gasteiger partial charge in [-0.1, -0.05) is 0 Å². The number of amides is 1. The van der Waals surface area contributed by atoms with Gasteiger partial charge in [0.25, 0.3) is 0 Å². The number of carbonyl (C=O) groups excluding carboxylic acids is 1. The zero-order chi connectivity index (χ0) is 12.3. The van der Waals surface area contributed by atoms with Crippen LogP contribution in [0, 0.1) is 12.3 Å². The summed E-state index contributed by atoms with van der Waals surface area (Å²) in [6.07, 6.45) is 6.99. The molecule has 4 N–H and O–H groups in total. The van der Waals surface area contributed by atoms with Gasteiger partial charge < -0.3 is 16.4 Å². The van der Waals surface area contributed by atoms with Gasteiger partial charge in [-0.2, -0.15) is 5.10 Å². The number of aromatic nitrogens is 2. The van der Waals surface area contributed by atoms with Crippen molar-refractivity contribution >= 4 is 11.7 Å². The van der Waals surface area contributed by atoms with E-state index in [1.54, 1.807) is 16.9 Å². The van der Waals surface area contributed by atoms with Crippen LogP contribution in [0.15, 0.2) is 12.3 Å². The van der Waals surface area contributed by atoms with Crippen molar-refractivity contribution in [3.05, 3.63) is 12.3 Å². The molecule has 1 aromatic rings. The Labute approximate surface area is 99.6 Å². The van der Waals surface area contributed by atoms with Crippen LogP contribution in [0.3, 0.4) is 0 Å². The van der Waals surface area contributed by atoms with Gasteiger partial charge in [0.1, 0.15) is 5.82 Å². The second-order valence-electron chi connectivity index (χ2n) is 3.98. The van der Waals surface area contributed by atoms with Gasteiger partial charge in [-0.3, -0.25) is 4.79 Å². The Balaban J connectivity index is 2.01. The van der Waals surface area contributed by atoms with Gasteiger partial charge in [0, 0.05) is 25.6 Å². The predicted molar refractivity (Wildman–Crippen MR) is 64.2 cm³/mol. The summed E-state index contributed by atoms with van der Waals surface area (Å²) >= 11 is 0. The van der Waals surface area contributed by atoms with Crippen molar-refractivity contribution in [3.8, 4) is 12.3 Å². The Bertz CT molecular complexity index is 443. The van der Waals surface area contributed by atoms with E-state index in [0.29, 0.717) is 11.9 Å². The molecule has 1 aliphatic rings. The summed E-state index contributed by atoms with van der Waals surface area (Å²) in [6, 6.07) is 1.37. The molecule has 0 aromatic carbocycles. The summed E-state index contributed by atoms with van der Waals surface area (Å²) in [5, 5.41) is 10.1. The van der Waals surface area contributed by atoms with Crippen molar-refractivity contribution < 1.29 is 4.79 Å². The second kappa shape index (κ2) is 4.99. The van der Waals surface area contributed by atoms with E-state index >= 15 is 0 Å². The van der Waals surface area contributed by atoms with E-state index in [2.05, 4.69) is 21.7 Å². The highest BCUT2D eigenvalue weighted by atomic mass is 16.2. The van der Waals surface area contributed by atoms with Crippen LogP contribution in [-0.2, 0) is 4.79 Å². The minimum absolute atomic E-state index is 0.227. The normalized spacial score (nSPS) is 16.9. The number of hydrogen-bond acceptors (Lipinski definition) is 4. The number of hydrogen-bond donors (Lipinski definition) is 3. The maximum Gasteiger partial charge on any atom is 0.243 e. The van der Waals surface area contributed by atoms with Crippen molar-refractivity contribution in [3.63, 3.8) is 0 Å². The molecule has 0 saturated carbocycles. The molecule has 0 spiro atoms. The number of nitrogens with two attached hydrogens (primary N) is 1. The van der Waals surface area contributed by atoms with Crippen LogP contribution < -0.4 is 16.4 Å². The summed E-state index contributed by atoms with van der Waals surface area (Å²) in [6.45, 7) is 1.72. The van der Waals surface area contributed by atoms with E-state index in [4.69, 9.17) is 12.2 Å². The Morgan fingerprint density at radius 3 is 3.18 bits per heavy atom. The lowest BCUT2D eigenvalue weighted by molar-refractivity contribution is -0.117. The zero-order valence-corrected chi connectivity index (χ0v) is 9.39. The van der Waals surface area contributed by atoms with Gasteiger partial charge in [0.15, 0.2) is 0 Å². The first-order chi connectivity index (χ1) is 8.22. The van der Waals surface area contributed by atoms with E-state index < -0.39 is 6.04 Å². The first-order valence-electron chi connectivity index (χ1n) is 5.46. The molecule has 90 valence electrons. The molecule has 2 rings (SSSR count). The van der Waals surface area contributed by atoms with E-state index in [0.717, 1.165) is 13.1 Å². The number of nitrogens with one attached hydrogen (secondary N) is 2. The number of terminal acetylenes is 1. The SMILES string of the molecule is C#CCC(N)C(=O)Nc1ccnn1C1CNC1. The lowest BCUT2D eigenvalue weighted by Gasteiger charge is -2.28. The van der Waals surface area contributed by atoms with Gasteiger partial charge in [0.05, 0.1) is 18.3 Å². The first-order valence-corrected chi connectivity index (χ1v) is 5.46. The molecule has 1 fully saturated rings. The molecule has 0 radical (unpaired) electrons. The predicted octanol–water partition coefficient (Wildman–Crippen LogP) is -0.684. The number of rotatable bonds is 4. The smallest absolute Gasteiger partial charge is 0.243 e. The average molecular weight is 233 g/mol. The molecule has 1 saturated heterocycles. The van der Waals surface area contributed by atoms with Crippen LogP contribution in [0.4, 0.5) is 5.82 Å². The molecule has 1 atom stereocenters. The highest BCUT2D eigenvalue weighted by Gasteiger charge is 2.23. The third kappa shape index (κ3) is 2.46. The summed E-state index contributed by atoms with van der Waals surface area (Å²) in [5.41, 5.74) is 5.62. The molecular formula is C11H15N5O. The molecule has 1 aliphatic heterocycles. The molecule has 6 nitrogen and oxygen atoms in total. The minimum Gasteiger partial charge on any atom is -0.319 e. The molecule has 1 amide bonds. The van der Waals surface area contributed by atoms with Gasteiger partial charge in [0.2, 0.25) is 5.91 Å². The molecule has 1 aromatic heterocycles. The Hall–Kier alpha value is -1.84. The highest BCUT2D eigenvalue weighted by molar-refractivity contribution is 5.94. The maximum atomic E-state index is 11.7. The quantitative estimate of drug-likeness (QED) is 0.601. The number of carbonyl (C=O) groups is 1. The van der Waals surface area contributed by atoms with Gasteiger partial charge in [-0.15, -0.1) is 12.3 Å². The number of anilines is 1. The first kappa shape index (κ1) is 11.6. The van der Waals surface area contributed by atoms with Crippen molar-refractivity contribution in [1.29, 1.82) is 0 Å². The monoisotopic (exact) mass is 233 g/mol. The molecule has 17 heavy (non-hydrogen) atoms. The van der Waals surface area contributed by atoms with Crippen LogP contribution >= 0.6 is 0 Å². The molecular weight excluding hydrogens is 218 g/mol. The van der Waals surface area contributed by atoms with Crippen LogP contribution in [0.5, 0.6) is 0 Å². The van der Waals surface area contributed by atoms with Crippen molar-refractivity contribution in [1.82, 2.24) is 15.1 Å². The lowest BCUT2D eigenvalue weighted by Crippen LogP contribution is -2.44. The maximum absolute atomic E-state index is 11.7. The Kier molecular flexibility index (Phi) is 3.42. The molecule has 1 unspecified atom stereocenters. The van der Waals surface area contributed by atoms with Gasteiger partial charge in [-0.05, 0) is 0 Å². The zero-order valence-electron chi connectivity index (χ0n) is 9.39. The second-order valence-corrected chi connectivity index (χ2v) is 3.98. The summed E-state index contributed by atoms with van der Waals surface area (Å²) in [5.74, 6) is 2.75. The van der Waals surface area contributed by atoms with E-state index in [1.807, 2.05) is 0 Å². The van der Waals surface area contributed by atoms with Crippen LogP contribution in [0.2, 0.25) is 0 Å². The molecule has 2 heterocycles. The Morgan fingerprint density at radius 2 is 2.59 bits per heavy atom. The molecule has 0 bridgehead atoms. The average Bonchev–Trinajstić information content (AvgIpc) is 2.64. The van der Waals surface area contributed by atoms with Crippen LogP contribution in [0.1, 0.15) is 12.5 Å². The van der Waals surface area contributed by atoms with Gasteiger partial charge >= 0.3 is 0 Å². The van der Waals surface area contributed by atoms with Crippen LogP contribution in [0.25, 0.3) is 0 Å². The summed E-state index contributed by atoms with van der Waals surface area (Å²) in [4.78, 5) is 11.7. The van der Waals surface area contributed by atoms with Crippen molar-refractivity contribution in [2.75, 3.05) is 18.4 Å². The van der Waals surface area contributed by atoms with Gasteiger partial charge in [-0.25, -0.2) is 4.68 Å². The van der Waals surface area contributed by atoms with Crippen molar-refractivity contribution in [2.24, 2.45) is 5.73 Å². The third-order valence-corrected chi connectivity index (χ3v) is 2.70. The van der Waals surface area contributed by atoms with E-state index in [9.17, 15) is 4.79 Å². The summed E-state index contributed by atoms with van der Waals surface area (Å²) in [7, 11) is 0. The third-order valence-electron chi connectivity index (χ3n) is 2.70. The summed E-state index contributed by atoms with van der Waals surface area (Å²) < 4.78 is 1.79. The number of nitrogens with zero attached hydrogens (tertiary/aromatic N) is 2. The largest absolute Gasteiger partial charge is 0.319 e. The highest BCUT2D eigenvalue weighted by Crippen LogP contribution is 2.17. The standard InChI is InChI=1S/C11H15N5O/c1-2-3-9(12)11(17)15-10-4-5-14-16(10)8-6-13-7-8/h1,4-5,8-9,13H,3,6-7,12H2,(H,15,17). The van der Waals surface area contributed by atoms with Crippen molar-refractivity contribution in [2.45, 2.75) is 18.5 Å². The lowest BCUT2D eigenvalue weighted by atomic mass is 10.2. The topological polar surface area (TPSA) is 85.0 Å². The molecule has 6 heteroatoms.